The summed E-state index contributed by atoms with van der Waals surface area (Å²) in [6, 6.07) is 8.79. The Morgan fingerprint density at radius 3 is 2.79 bits per heavy atom. The van der Waals surface area contributed by atoms with Crippen LogP contribution in [0.25, 0.3) is 11.1 Å². The van der Waals surface area contributed by atoms with E-state index in [0.717, 1.165) is 27.9 Å². The van der Waals surface area contributed by atoms with Gasteiger partial charge < -0.3 is 10.5 Å². The predicted octanol–water partition coefficient (Wildman–Crippen LogP) is 2.43. The first-order valence-corrected chi connectivity index (χ1v) is 10.7. The number of rotatable bonds is 4. The van der Waals surface area contributed by atoms with E-state index in [-0.39, 0.29) is 6.54 Å². The number of aromatic amines is 1. The Labute approximate surface area is 169 Å². The van der Waals surface area contributed by atoms with Crippen molar-refractivity contribution in [3.8, 4) is 11.1 Å². The number of anilines is 1. The van der Waals surface area contributed by atoms with Gasteiger partial charge in [0.05, 0.1) is 23.4 Å². The van der Waals surface area contributed by atoms with E-state index in [1.54, 1.807) is 30.6 Å². The average molecular weight is 414 g/mol. The van der Waals surface area contributed by atoms with E-state index < -0.39 is 16.1 Å². The summed E-state index contributed by atoms with van der Waals surface area (Å²) in [5, 5.41) is 7.10. The quantitative estimate of drug-likeness (QED) is 0.679. The molecule has 2 aromatic heterocycles. The van der Waals surface area contributed by atoms with E-state index in [1.165, 1.54) is 4.31 Å². The lowest BCUT2D eigenvalue weighted by Gasteiger charge is -2.32. The van der Waals surface area contributed by atoms with Crippen molar-refractivity contribution < 1.29 is 13.2 Å². The molecule has 0 radical (unpaired) electrons. The molecule has 3 N–H and O–H groups in total. The fourth-order valence-corrected chi connectivity index (χ4v) is 4.94. The van der Waals surface area contributed by atoms with Gasteiger partial charge in [0.25, 0.3) is 0 Å². The average Bonchev–Trinajstić information content (AvgIpc) is 3.20. The standard InChI is InChI=1S/C20H23N5O3S/c1-13-3-4-16(9-14(13)2)29(26,27)25-7-8-28-18(12-25)20-17(11-23-24-20)15-5-6-22-19(21)10-15/h3-6,9-11,18H,7-8,12H2,1-2H3,(H2,21,22)(H,23,24). The summed E-state index contributed by atoms with van der Waals surface area (Å²) < 4.78 is 33.7. The third-order valence-electron chi connectivity index (χ3n) is 5.23. The van der Waals surface area contributed by atoms with Gasteiger partial charge in [-0.15, -0.1) is 0 Å². The maximum atomic E-state index is 13.2. The molecule has 1 atom stereocenters. The Bertz CT molecular complexity index is 1140. The molecule has 1 fully saturated rings. The van der Waals surface area contributed by atoms with Crippen LogP contribution in [0, 0.1) is 13.8 Å². The van der Waals surface area contributed by atoms with E-state index in [0.29, 0.717) is 23.9 Å². The lowest BCUT2D eigenvalue weighted by molar-refractivity contribution is -0.00465. The number of nitrogens with zero attached hydrogens (tertiary/aromatic N) is 3. The maximum Gasteiger partial charge on any atom is 0.243 e. The normalized spacial score (nSPS) is 18.1. The molecule has 1 saturated heterocycles. The van der Waals surface area contributed by atoms with Crippen LogP contribution in [-0.4, -0.2) is 47.6 Å². The molecule has 1 aliphatic rings. The summed E-state index contributed by atoms with van der Waals surface area (Å²) in [5.41, 5.74) is 10.2. The van der Waals surface area contributed by atoms with Crippen molar-refractivity contribution in [3.05, 3.63) is 59.5 Å². The second-order valence-corrected chi connectivity index (χ2v) is 9.07. The molecule has 1 aromatic carbocycles. The van der Waals surface area contributed by atoms with Crippen molar-refractivity contribution in [2.75, 3.05) is 25.4 Å². The first-order valence-electron chi connectivity index (χ1n) is 9.30. The zero-order valence-corrected chi connectivity index (χ0v) is 17.1. The first kappa shape index (κ1) is 19.6. The molecule has 152 valence electrons. The number of H-pyrrole nitrogens is 1. The molecule has 3 heterocycles. The molecule has 9 heteroatoms. The zero-order chi connectivity index (χ0) is 20.6. The van der Waals surface area contributed by atoms with Gasteiger partial charge in [-0.1, -0.05) is 6.07 Å². The Balaban J connectivity index is 1.63. The van der Waals surface area contributed by atoms with Crippen LogP contribution in [0.2, 0.25) is 0 Å². The van der Waals surface area contributed by atoms with Gasteiger partial charge in [0.2, 0.25) is 10.0 Å². The van der Waals surface area contributed by atoms with Crippen LogP contribution in [0.3, 0.4) is 0 Å². The number of morpholine rings is 1. The molecule has 0 amide bonds. The summed E-state index contributed by atoms with van der Waals surface area (Å²) >= 11 is 0. The predicted molar refractivity (Wildman–Crippen MR) is 110 cm³/mol. The fourth-order valence-electron chi connectivity index (χ4n) is 3.43. The van der Waals surface area contributed by atoms with Crippen molar-refractivity contribution in [2.45, 2.75) is 24.8 Å². The van der Waals surface area contributed by atoms with Gasteiger partial charge in [-0.2, -0.15) is 9.40 Å². The number of ether oxygens (including phenoxy) is 1. The van der Waals surface area contributed by atoms with Crippen molar-refractivity contribution in [3.63, 3.8) is 0 Å². The number of hydrogen-bond acceptors (Lipinski definition) is 6. The van der Waals surface area contributed by atoms with Gasteiger partial charge >= 0.3 is 0 Å². The number of nitrogens with two attached hydrogens (primary N) is 1. The Hall–Kier alpha value is -2.75. The van der Waals surface area contributed by atoms with E-state index in [2.05, 4.69) is 15.2 Å². The van der Waals surface area contributed by atoms with Crippen molar-refractivity contribution in [1.82, 2.24) is 19.5 Å². The van der Waals surface area contributed by atoms with E-state index in [4.69, 9.17) is 10.5 Å². The number of nitrogens with one attached hydrogen (secondary N) is 1. The number of benzene rings is 1. The third-order valence-corrected chi connectivity index (χ3v) is 7.09. The second kappa shape index (κ2) is 7.58. The van der Waals surface area contributed by atoms with E-state index >= 15 is 0 Å². The largest absolute Gasteiger partial charge is 0.384 e. The number of pyridine rings is 1. The highest BCUT2D eigenvalue weighted by Gasteiger charge is 2.33. The van der Waals surface area contributed by atoms with Gasteiger partial charge in [-0.25, -0.2) is 13.4 Å². The third kappa shape index (κ3) is 3.76. The molecule has 0 spiro atoms. The fraction of sp³-hybridized carbons (Fsp3) is 0.300. The molecule has 8 nitrogen and oxygen atoms in total. The lowest BCUT2D eigenvalue weighted by Crippen LogP contribution is -2.42. The van der Waals surface area contributed by atoms with Crippen molar-refractivity contribution in [1.29, 1.82) is 0 Å². The summed E-state index contributed by atoms with van der Waals surface area (Å²) in [6.45, 7) is 4.67. The number of nitrogen functional groups attached to an aromatic ring is 1. The summed E-state index contributed by atoms with van der Waals surface area (Å²) in [5.74, 6) is 0.401. The summed E-state index contributed by atoms with van der Waals surface area (Å²) in [4.78, 5) is 4.31. The molecular formula is C20H23N5O3S. The SMILES string of the molecule is Cc1ccc(S(=O)(=O)N2CCOC(c3[nH]ncc3-c3ccnc(N)c3)C2)cc1C. The smallest absolute Gasteiger partial charge is 0.243 e. The van der Waals surface area contributed by atoms with Crippen LogP contribution >= 0.6 is 0 Å². The van der Waals surface area contributed by atoms with E-state index in [9.17, 15) is 8.42 Å². The topological polar surface area (TPSA) is 114 Å². The number of sulfonamides is 1. The minimum atomic E-state index is -3.62. The van der Waals surface area contributed by atoms with Crippen molar-refractivity contribution in [2.24, 2.45) is 0 Å². The van der Waals surface area contributed by atoms with E-state index in [1.807, 2.05) is 26.0 Å². The molecule has 3 aromatic rings. The second-order valence-electron chi connectivity index (χ2n) is 7.14. The van der Waals surface area contributed by atoms with Crippen LogP contribution in [0.15, 0.2) is 47.6 Å². The summed E-state index contributed by atoms with van der Waals surface area (Å²) in [7, 11) is -3.62. The van der Waals surface area contributed by atoms with Crippen LogP contribution in [0.4, 0.5) is 5.82 Å². The number of aryl methyl sites for hydroxylation is 2. The number of hydrogen-bond donors (Lipinski definition) is 2. The van der Waals surface area contributed by atoms with Crippen LogP contribution in [0.1, 0.15) is 22.9 Å². The Morgan fingerprint density at radius 1 is 1.21 bits per heavy atom. The minimum Gasteiger partial charge on any atom is -0.384 e. The first-order chi connectivity index (χ1) is 13.9. The number of aromatic nitrogens is 3. The van der Waals surface area contributed by atoms with Gasteiger partial charge in [0.1, 0.15) is 11.9 Å². The molecule has 1 unspecified atom stereocenters. The molecule has 29 heavy (non-hydrogen) atoms. The molecule has 1 aliphatic heterocycles. The highest BCUT2D eigenvalue weighted by Crippen LogP contribution is 2.32. The van der Waals surface area contributed by atoms with Crippen molar-refractivity contribution >= 4 is 15.8 Å². The lowest BCUT2D eigenvalue weighted by atomic mass is 10.0. The maximum absolute atomic E-state index is 13.2. The highest BCUT2D eigenvalue weighted by atomic mass is 32.2. The Kier molecular flexibility index (Phi) is 5.12. The zero-order valence-electron chi connectivity index (χ0n) is 16.3. The van der Waals surface area contributed by atoms with Gasteiger partial charge in [-0.05, 0) is 54.8 Å². The van der Waals surface area contributed by atoms with Crippen LogP contribution < -0.4 is 5.73 Å². The highest BCUT2D eigenvalue weighted by molar-refractivity contribution is 7.89. The van der Waals surface area contributed by atoms with Gasteiger partial charge in [0.15, 0.2) is 0 Å². The van der Waals surface area contributed by atoms with Crippen LogP contribution in [0.5, 0.6) is 0 Å². The van der Waals surface area contributed by atoms with Gasteiger partial charge in [0, 0.05) is 24.8 Å². The van der Waals surface area contributed by atoms with Gasteiger partial charge in [-0.3, -0.25) is 5.10 Å². The van der Waals surface area contributed by atoms with Crippen LogP contribution in [-0.2, 0) is 14.8 Å². The monoisotopic (exact) mass is 413 g/mol. The molecule has 0 aliphatic carbocycles. The minimum absolute atomic E-state index is 0.199. The summed E-state index contributed by atoms with van der Waals surface area (Å²) in [6.07, 6.45) is 2.85. The molecule has 0 bridgehead atoms. The molecule has 4 rings (SSSR count). The Morgan fingerprint density at radius 2 is 2.03 bits per heavy atom. The molecular weight excluding hydrogens is 390 g/mol. The molecule has 0 saturated carbocycles.